The Morgan fingerprint density at radius 2 is 1.91 bits per heavy atom. The quantitative estimate of drug-likeness (QED) is 0.510. The summed E-state index contributed by atoms with van der Waals surface area (Å²) in [5, 5.41) is 0. The van der Waals surface area contributed by atoms with Crippen molar-refractivity contribution in [1.29, 1.82) is 0 Å². The number of sulfonamides is 1. The van der Waals surface area contributed by atoms with Crippen LogP contribution in [0.15, 0.2) is 39.8 Å². The first-order valence-electron chi connectivity index (χ1n) is 10.4. The fourth-order valence-corrected chi connectivity index (χ4v) is 4.92. The Kier molecular flexibility index (Phi) is 7.57. The third-order valence-corrected chi connectivity index (χ3v) is 7.58. The Morgan fingerprint density at radius 1 is 1.25 bits per heavy atom. The highest BCUT2D eigenvalue weighted by atomic mass is 79.9. The summed E-state index contributed by atoms with van der Waals surface area (Å²) < 4.78 is 31.5. The van der Waals surface area contributed by atoms with Crippen LogP contribution in [0.4, 0.5) is 0 Å². The van der Waals surface area contributed by atoms with Crippen LogP contribution >= 0.6 is 15.9 Å². The van der Waals surface area contributed by atoms with Gasteiger partial charge in [0, 0.05) is 23.1 Å². The zero-order chi connectivity index (χ0) is 23.6. The van der Waals surface area contributed by atoms with Crippen LogP contribution in [-0.4, -0.2) is 67.8 Å². The number of hydrogen-bond donors (Lipinski definition) is 0. The molecule has 0 radical (unpaired) electrons. The average molecular weight is 526 g/mol. The van der Waals surface area contributed by atoms with Gasteiger partial charge in [-0.05, 0) is 23.6 Å². The molecule has 1 aromatic carbocycles. The van der Waals surface area contributed by atoms with Gasteiger partial charge in [0.2, 0.25) is 15.9 Å². The van der Waals surface area contributed by atoms with E-state index in [0.717, 1.165) is 27.7 Å². The summed E-state index contributed by atoms with van der Waals surface area (Å²) in [5.41, 5.74) is 2.49. The molecule has 2 aliphatic heterocycles. The number of methoxy groups -OCH3 is 1. The molecule has 0 saturated carbocycles. The van der Waals surface area contributed by atoms with E-state index in [0.29, 0.717) is 6.42 Å². The molecule has 32 heavy (non-hydrogen) atoms. The van der Waals surface area contributed by atoms with Crippen LogP contribution in [0.25, 0.3) is 5.70 Å². The molecular formula is C22H28BrN3O5S. The molecule has 0 N–H and O–H groups in total. The first-order chi connectivity index (χ1) is 15.0. The van der Waals surface area contributed by atoms with Crippen LogP contribution < -0.4 is 0 Å². The number of amides is 1. The Morgan fingerprint density at radius 3 is 2.47 bits per heavy atom. The maximum atomic E-state index is 13.5. The lowest BCUT2D eigenvalue weighted by molar-refractivity contribution is -0.148. The molecule has 1 aromatic rings. The van der Waals surface area contributed by atoms with Crippen LogP contribution in [0.5, 0.6) is 0 Å². The third-order valence-electron chi connectivity index (χ3n) is 5.84. The van der Waals surface area contributed by atoms with Gasteiger partial charge in [-0.15, -0.1) is 0 Å². The molecule has 174 valence electrons. The highest BCUT2D eigenvalue weighted by molar-refractivity contribution is 9.10. The number of esters is 1. The Bertz CT molecular complexity index is 1050. The fraction of sp³-hybridized carbons (Fsp3) is 0.500. The predicted molar refractivity (Wildman–Crippen MR) is 126 cm³/mol. The van der Waals surface area contributed by atoms with Crippen molar-refractivity contribution in [3.63, 3.8) is 0 Å². The zero-order valence-electron chi connectivity index (χ0n) is 18.6. The van der Waals surface area contributed by atoms with E-state index in [4.69, 9.17) is 9.73 Å². The van der Waals surface area contributed by atoms with Crippen molar-refractivity contribution in [2.45, 2.75) is 32.7 Å². The number of benzene rings is 1. The monoisotopic (exact) mass is 525 g/mol. The molecule has 0 bridgehead atoms. The largest absolute Gasteiger partial charge is 0.469 e. The van der Waals surface area contributed by atoms with E-state index < -0.39 is 28.0 Å². The van der Waals surface area contributed by atoms with Crippen LogP contribution in [0, 0.1) is 11.8 Å². The first-order valence-corrected chi connectivity index (χ1v) is 13.0. The van der Waals surface area contributed by atoms with Crippen LogP contribution in [-0.2, 0) is 24.3 Å². The summed E-state index contributed by atoms with van der Waals surface area (Å²) >= 11 is 3.42. The van der Waals surface area contributed by atoms with Crippen molar-refractivity contribution in [2.75, 3.05) is 26.6 Å². The number of halogens is 1. The van der Waals surface area contributed by atoms with E-state index in [-0.39, 0.29) is 31.5 Å². The molecule has 3 rings (SSSR count). The third kappa shape index (κ3) is 5.47. The lowest BCUT2D eigenvalue weighted by atomic mass is 9.90. The lowest BCUT2D eigenvalue weighted by Gasteiger charge is -2.29. The molecule has 0 unspecified atom stereocenters. The molecule has 2 atom stereocenters. The second kappa shape index (κ2) is 9.84. The van der Waals surface area contributed by atoms with Gasteiger partial charge in [0.15, 0.2) is 0 Å². The van der Waals surface area contributed by atoms with E-state index in [9.17, 15) is 18.0 Å². The van der Waals surface area contributed by atoms with Crippen molar-refractivity contribution in [2.24, 2.45) is 16.8 Å². The highest BCUT2D eigenvalue weighted by Gasteiger charge is 2.43. The minimum Gasteiger partial charge on any atom is -0.469 e. The topological polar surface area (TPSA) is 96.4 Å². The smallest absolute Gasteiger partial charge is 0.306 e. The number of rotatable bonds is 7. The molecule has 2 heterocycles. The van der Waals surface area contributed by atoms with E-state index in [1.54, 1.807) is 4.90 Å². The minimum atomic E-state index is -3.50. The summed E-state index contributed by atoms with van der Waals surface area (Å²) in [6.07, 6.45) is 3.60. The van der Waals surface area contributed by atoms with Gasteiger partial charge in [-0.3, -0.25) is 14.6 Å². The summed E-state index contributed by atoms with van der Waals surface area (Å²) in [4.78, 5) is 31.7. The Labute approximate surface area is 197 Å². The minimum absolute atomic E-state index is 0.0516. The summed E-state index contributed by atoms with van der Waals surface area (Å²) in [6.45, 7) is 3.82. The molecule has 0 aliphatic carbocycles. The molecular weight excluding hydrogens is 498 g/mol. The van der Waals surface area contributed by atoms with E-state index in [1.807, 2.05) is 44.2 Å². The Balaban J connectivity index is 1.90. The zero-order valence-corrected chi connectivity index (χ0v) is 21.0. The Hall–Kier alpha value is -2.04. The molecule has 1 fully saturated rings. The van der Waals surface area contributed by atoms with Crippen LogP contribution in [0.2, 0.25) is 0 Å². The van der Waals surface area contributed by atoms with Crippen molar-refractivity contribution >= 4 is 49.2 Å². The van der Waals surface area contributed by atoms with E-state index in [1.165, 1.54) is 11.4 Å². The number of nitrogens with zero attached hydrogens (tertiary/aromatic N) is 3. The van der Waals surface area contributed by atoms with Crippen molar-refractivity contribution in [3.8, 4) is 0 Å². The number of carbonyl (C=O) groups is 2. The summed E-state index contributed by atoms with van der Waals surface area (Å²) in [5.74, 6) is -1.45. The van der Waals surface area contributed by atoms with Gasteiger partial charge >= 0.3 is 5.97 Å². The molecule has 8 nitrogen and oxygen atoms in total. The number of ether oxygens (including phenoxy) is 1. The van der Waals surface area contributed by atoms with Gasteiger partial charge in [0.1, 0.15) is 0 Å². The number of allylic oxidation sites excluding steroid dienone is 1. The van der Waals surface area contributed by atoms with Gasteiger partial charge in [-0.2, -0.15) is 4.31 Å². The van der Waals surface area contributed by atoms with Crippen molar-refractivity contribution < 1.29 is 22.7 Å². The molecule has 1 saturated heterocycles. The van der Waals surface area contributed by atoms with Gasteiger partial charge < -0.3 is 9.64 Å². The summed E-state index contributed by atoms with van der Waals surface area (Å²) in [7, 11) is -2.22. The molecule has 2 aliphatic rings. The number of aliphatic imine (C=N–C) groups is 1. The van der Waals surface area contributed by atoms with Crippen LogP contribution in [0.3, 0.4) is 0 Å². The second-order valence-electron chi connectivity index (χ2n) is 8.40. The van der Waals surface area contributed by atoms with Gasteiger partial charge in [0.05, 0.1) is 44.1 Å². The normalized spacial score (nSPS) is 20.3. The van der Waals surface area contributed by atoms with Crippen molar-refractivity contribution in [3.05, 3.63) is 40.4 Å². The maximum absolute atomic E-state index is 13.5. The SMILES string of the molecule is COC(=O)C[C@H](C(=O)N1CN(S(C)(=O)=O)C[C@H]1C1=NC(c2ccc(Br)cc2)=CC1)C(C)C. The average Bonchev–Trinajstić information content (AvgIpc) is 3.38. The van der Waals surface area contributed by atoms with Gasteiger partial charge in [0.25, 0.3) is 0 Å². The fourth-order valence-electron chi connectivity index (χ4n) is 3.91. The first kappa shape index (κ1) is 24.6. The predicted octanol–water partition coefficient (Wildman–Crippen LogP) is 2.90. The van der Waals surface area contributed by atoms with Gasteiger partial charge in [-0.25, -0.2) is 8.42 Å². The molecule has 0 spiro atoms. The van der Waals surface area contributed by atoms with Gasteiger partial charge in [-0.1, -0.05) is 48.0 Å². The molecule has 0 aromatic heterocycles. The standard InChI is InChI=1S/C22H28BrN3O5S/c1-14(2)17(11-21(27)31-3)22(28)26-13-25(32(4,29)30)12-20(26)19-10-9-18(24-19)15-5-7-16(23)8-6-15/h5-9,14,17,20H,10-13H2,1-4H3/t17-,20-/m0/s1. The summed E-state index contributed by atoms with van der Waals surface area (Å²) in [6, 6.07) is 7.28. The molecule has 1 amide bonds. The van der Waals surface area contributed by atoms with Crippen LogP contribution in [0.1, 0.15) is 32.3 Å². The number of hydrogen-bond acceptors (Lipinski definition) is 6. The second-order valence-corrected chi connectivity index (χ2v) is 11.3. The molecule has 10 heteroatoms. The van der Waals surface area contributed by atoms with Crippen molar-refractivity contribution in [1.82, 2.24) is 9.21 Å². The highest BCUT2D eigenvalue weighted by Crippen LogP contribution is 2.30. The maximum Gasteiger partial charge on any atom is 0.306 e. The number of carbonyl (C=O) groups excluding carboxylic acids is 2. The van der Waals surface area contributed by atoms with E-state index >= 15 is 0 Å². The lowest BCUT2D eigenvalue weighted by Crippen LogP contribution is -2.46. The van der Waals surface area contributed by atoms with E-state index in [2.05, 4.69) is 15.9 Å².